The monoisotopic (exact) mass is 458 g/mol. The van der Waals surface area contributed by atoms with E-state index in [1.807, 2.05) is 0 Å². The summed E-state index contributed by atoms with van der Waals surface area (Å²) < 4.78 is 19.5. The van der Waals surface area contributed by atoms with Crippen molar-refractivity contribution < 1.29 is 23.8 Å². The van der Waals surface area contributed by atoms with E-state index >= 15 is 0 Å². The number of nitrogens with one attached hydrogen (secondary N) is 2. The zero-order valence-electron chi connectivity index (χ0n) is 17.0. The van der Waals surface area contributed by atoms with Gasteiger partial charge in [0.15, 0.2) is 0 Å². The molecule has 1 aliphatic rings. The molecule has 10 heteroatoms. The van der Waals surface area contributed by atoms with Crippen molar-refractivity contribution >= 4 is 23.5 Å². The van der Waals surface area contributed by atoms with Crippen LogP contribution in [0.4, 0.5) is 9.18 Å². The Morgan fingerprint density at radius 2 is 2.00 bits per heavy atom. The number of benzene rings is 2. The lowest BCUT2D eigenvalue weighted by Crippen LogP contribution is -2.34. The molecule has 3 aromatic rings. The molecule has 4 rings (SSSR count). The van der Waals surface area contributed by atoms with Crippen LogP contribution in [0.15, 0.2) is 48.7 Å². The fourth-order valence-electron chi connectivity index (χ4n) is 3.52. The molecule has 2 aromatic carbocycles. The van der Waals surface area contributed by atoms with Crippen molar-refractivity contribution in [3.8, 4) is 17.0 Å². The number of imidazole rings is 1. The number of aromatic amines is 1. The number of nitrogens with zero attached hydrogens (tertiary/aromatic N) is 2. The van der Waals surface area contributed by atoms with Crippen LogP contribution in [0.5, 0.6) is 5.75 Å². The zero-order chi connectivity index (χ0) is 22.8. The molecule has 0 radical (unpaired) electrons. The molecule has 3 amide bonds. The SMILES string of the molecule is CC(c1ncc(-c2ccc(Cl)cc2F)[nH]1)N1C(=O)N[C@H](c2ccc(OCCO)cc2)C1=O. The van der Waals surface area contributed by atoms with Crippen molar-refractivity contribution in [2.24, 2.45) is 0 Å². The molecule has 2 atom stereocenters. The summed E-state index contributed by atoms with van der Waals surface area (Å²) >= 11 is 5.80. The van der Waals surface area contributed by atoms with Crippen molar-refractivity contribution in [1.29, 1.82) is 0 Å². The Hall–Kier alpha value is -3.43. The van der Waals surface area contributed by atoms with Crippen LogP contribution in [0, 0.1) is 5.82 Å². The summed E-state index contributed by atoms with van der Waals surface area (Å²) in [5.74, 6) is -0.0578. The van der Waals surface area contributed by atoms with Gasteiger partial charge in [0.1, 0.15) is 30.0 Å². The predicted octanol–water partition coefficient (Wildman–Crippen LogP) is 3.59. The quantitative estimate of drug-likeness (QED) is 0.469. The first-order valence-electron chi connectivity index (χ1n) is 9.86. The maximum Gasteiger partial charge on any atom is 0.325 e. The third kappa shape index (κ3) is 4.17. The van der Waals surface area contributed by atoms with Crippen LogP contribution < -0.4 is 10.1 Å². The van der Waals surface area contributed by atoms with Crippen LogP contribution in [0.1, 0.15) is 30.4 Å². The number of H-pyrrole nitrogens is 1. The van der Waals surface area contributed by atoms with Crippen LogP contribution in [0.2, 0.25) is 5.02 Å². The van der Waals surface area contributed by atoms with E-state index < -0.39 is 29.8 Å². The van der Waals surface area contributed by atoms with Crippen molar-refractivity contribution in [3.63, 3.8) is 0 Å². The Labute approximate surface area is 188 Å². The number of aromatic nitrogens is 2. The van der Waals surface area contributed by atoms with Crippen LogP contribution in [0.3, 0.4) is 0 Å². The van der Waals surface area contributed by atoms with Crippen LogP contribution in [-0.4, -0.2) is 45.1 Å². The third-order valence-electron chi connectivity index (χ3n) is 5.14. The lowest BCUT2D eigenvalue weighted by Gasteiger charge is -2.19. The maximum absolute atomic E-state index is 14.2. The molecule has 1 unspecified atom stereocenters. The molecule has 1 aromatic heterocycles. The van der Waals surface area contributed by atoms with E-state index in [0.29, 0.717) is 22.8 Å². The molecule has 1 saturated heterocycles. The minimum absolute atomic E-state index is 0.106. The van der Waals surface area contributed by atoms with Gasteiger partial charge in [-0.3, -0.25) is 9.69 Å². The third-order valence-corrected chi connectivity index (χ3v) is 5.38. The Balaban J connectivity index is 1.52. The van der Waals surface area contributed by atoms with Gasteiger partial charge in [-0.2, -0.15) is 0 Å². The van der Waals surface area contributed by atoms with Gasteiger partial charge in [-0.1, -0.05) is 23.7 Å². The van der Waals surface area contributed by atoms with Crippen molar-refractivity contribution in [1.82, 2.24) is 20.2 Å². The minimum Gasteiger partial charge on any atom is -0.491 e. The van der Waals surface area contributed by atoms with Crippen molar-refractivity contribution in [2.75, 3.05) is 13.2 Å². The van der Waals surface area contributed by atoms with Crippen molar-refractivity contribution in [2.45, 2.75) is 19.0 Å². The van der Waals surface area contributed by atoms with Gasteiger partial charge >= 0.3 is 6.03 Å². The van der Waals surface area contributed by atoms with Crippen LogP contribution in [-0.2, 0) is 4.79 Å². The number of hydrogen-bond acceptors (Lipinski definition) is 5. The highest BCUT2D eigenvalue weighted by molar-refractivity contribution is 6.30. The zero-order valence-corrected chi connectivity index (χ0v) is 17.8. The number of halogens is 2. The lowest BCUT2D eigenvalue weighted by molar-refractivity contribution is -0.129. The van der Waals surface area contributed by atoms with E-state index in [-0.39, 0.29) is 23.8 Å². The Morgan fingerprint density at radius 1 is 1.25 bits per heavy atom. The summed E-state index contributed by atoms with van der Waals surface area (Å²) in [4.78, 5) is 33.9. The van der Waals surface area contributed by atoms with E-state index in [9.17, 15) is 14.0 Å². The molecule has 0 aliphatic carbocycles. The number of carbonyl (C=O) groups excluding carboxylic acids is 2. The highest BCUT2D eigenvalue weighted by atomic mass is 35.5. The van der Waals surface area contributed by atoms with E-state index in [1.165, 1.54) is 18.3 Å². The first-order chi connectivity index (χ1) is 15.4. The van der Waals surface area contributed by atoms with Gasteiger partial charge in [-0.15, -0.1) is 0 Å². The number of aliphatic hydroxyl groups excluding tert-OH is 1. The molecule has 32 heavy (non-hydrogen) atoms. The van der Waals surface area contributed by atoms with Crippen molar-refractivity contribution in [3.05, 3.63) is 70.9 Å². The molecule has 1 aliphatic heterocycles. The van der Waals surface area contributed by atoms with Gasteiger partial charge < -0.3 is 20.1 Å². The summed E-state index contributed by atoms with van der Waals surface area (Å²) in [5, 5.41) is 11.8. The highest BCUT2D eigenvalue weighted by Gasteiger charge is 2.42. The molecule has 0 bridgehead atoms. The first-order valence-corrected chi connectivity index (χ1v) is 10.2. The number of aliphatic hydroxyl groups is 1. The number of rotatable bonds is 7. The molecular formula is C22H20ClFN4O4. The second-order valence-electron chi connectivity index (χ2n) is 7.21. The summed E-state index contributed by atoms with van der Waals surface area (Å²) in [6.07, 6.45) is 1.44. The van der Waals surface area contributed by atoms with Gasteiger partial charge in [0.05, 0.1) is 24.5 Å². The number of hydrogen-bond donors (Lipinski definition) is 3. The van der Waals surface area contributed by atoms with E-state index in [2.05, 4.69) is 15.3 Å². The molecule has 1 fully saturated rings. The molecular weight excluding hydrogens is 439 g/mol. The summed E-state index contributed by atoms with van der Waals surface area (Å²) in [7, 11) is 0. The Kier molecular flexibility index (Phi) is 6.11. The van der Waals surface area contributed by atoms with E-state index in [0.717, 1.165) is 4.90 Å². The van der Waals surface area contributed by atoms with Crippen LogP contribution >= 0.6 is 11.6 Å². The summed E-state index contributed by atoms with van der Waals surface area (Å²) in [6, 6.07) is 8.86. The number of amides is 3. The molecule has 166 valence electrons. The van der Waals surface area contributed by atoms with Gasteiger partial charge in [-0.25, -0.2) is 14.2 Å². The van der Waals surface area contributed by atoms with Gasteiger partial charge in [0, 0.05) is 10.6 Å². The topological polar surface area (TPSA) is 108 Å². The van der Waals surface area contributed by atoms with Crippen LogP contribution in [0.25, 0.3) is 11.3 Å². The Morgan fingerprint density at radius 3 is 2.69 bits per heavy atom. The van der Waals surface area contributed by atoms with Gasteiger partial charge in [-0.05, 0) is 42.8 Å². The lowest BCUT2D eigenvalue weighted by atomic mass is 10.1. The van der Waals surface area contributed by atoms with E-state index in [1.54, 1.807) is 37.3 Å². The molecule has 3 N–H and O–H groups in total. The average Bonchev–Trinajstić information content (AvgIpc) is 3.37. The molecule has 2 heterocycles. The highest BCUT2D eigenvalue weighted by Crippen LogP contribution is 2.31. The number of urea groups is 1. The predicted molar refractivity (Wildman–Crippen MR) is 115 cm³/mol. The average molecular weight is 459 g/mol. The van der Waals surface area contributed by atoms with Gasteiger partial charge in [0.2, 0.25) is 0 Å². The normalized spacial score (nSPS) is 16.9. The fraction of sp³-hybridized carbons (Fsp3) is 0.227. The van der Waals surface area contributed by atoms with E-state index in [4.69, 9.17) is 21.4 Å². The second kappa shape index (κ2) is 8.97. The molecule has 0 spiro atoms. The molecule has 0 saturated carbocycles. The minimum atomic E-state index is -0.847. The largest absolute Gasteiger partial charge is 0.491 e. The maximum atomic E-state index is 14.2. The molecule has 8 nitrogen and oxygen atoms in total. The fourth-order valence-corrected chi connectivity index (χ4v) is 3.68. The smallest absolute Gasteiger partial charge is 0.325 e. The number of imide groups is 1. The number of carbonyl (C=O) groups is 2. The standard InChI is InChI=1S/C22H20ClFN4O4/c1-12(20-25-11-18(26-20)16-7-4-14(23)10-17(16)24)28-21(30)19(27-22(28)31)13-2-5-15(6-3-13)32-9-8-29/h2-7,10-12,19,29H,8-9H2,1H3,(H,25,26)(H,27,31)/t12?,19-/m1/s1. The summed E-state index contributed by atoms with van der Waals surface area (Å²) in [5.41, 5.74) is 1.28. The second-order valence-corrected chi connectivity index (χ2v) is 7.65. The summed E-state index contributed by atoms with van der Waals surface area (Å²) in [6.45, 7) is 1.71. The Bertz CT molecular complexity index is 1150. The number of ether oxygens (including phenoxy) is 1. The first kappa shape index (κ1) is 21.8. The van der Waals surface area contributed by atoms with Gasteiger partial charge in [0.25, 0.3) is 5.91 Å².